The highest BCUT2D eigenvalue weighted by Gasteiger charge is 2.52. The minimum absolute atomic E-state index is 0.0806. The summed E-state index contributed by atoms with van der Waals surface area (Å²) >= 11 is 7.33. The maximum atomic E-state index is 12.3. The Morgan fingerprint density at radius 3 is 2.59 bits per heavy atom. The fourth-order valence-corrected chi connectivity index (χ4v) is 3.66. The first kappa shape index (κ1) is 12.6. The molecule has 1 saturated carbocycles. The highest BCUT2D eigenvalue weighted by atomic mass is 35.5. The molecule has 1 aliphatic carbocycles. The van der Waals surface area contributed by atoms with E-state index in [9.17, 15) is 10.1 Å². The van der Waals surface area contributed by atoms with Gasteiger partial charge in [-0.15, -0.1) is 11.3 Å². The summed E-state index contributed by atoms with van der Waals surface area (Å²) in [5.41, 5.74) is -1.20. The standard InChI is InChI=1S/C13H14ClNOS/c1-12(2)5-6-13(8-15,11(12)16)7-9-3-4-10(14)17-9/h3-4H,5-7H2,1-2H3. The van der Waals surface area contributed by atoms with Crippen molar-refractivity contribution in [1.29, 1.82) is 5.26 Å². The van der Waals surface area contributed by atoms with Gasteiger partial charge in [-0.05, 0) is 25.0 Å². The maximum absolute atomic E-state index is 12.3. The molecular weight excluding hydrogens is 254 g/mol. The van der Waals surface area contributed by atoms with Gasteiger partial charge in [-0.3, -0.25) is 4.79 Å². The third-order valence-electron chi connectivity index (χ3n) is 3.54. The highest BCUT2D eigenvalue weighted by Crippen LogP contribution is 2.47. The van der Waals surface area contributed by atoms with Crippen molar-refractivity contribution in [2.24, 2.45) is 10.8 Å². The van der Waals surface area contributed by atoms with E-state index in [4.69, 9.17) is 11.6 Å². The fraction of sp³-hybridized carbons (Fsp3) is 0.538. The molecule has 1 aromatic rings. The highest BCUT2D eigenvalue weighted by molar-refractivity contribution is 7.16. The van der Waals surface area contributed by atoms with E-state index in [0.717, 1.165) is 11.3 Å². The Kier molecular flexibility index (Phi) is 3.05. The van der Waals surface area contributed by atoms with Crippen LogP contribution in [0, 0.1) is 22.2 Å². The average molecular weight is 268 g/mol. The average Bonchev–Trinajstić information content (AvgIpc) is 2.77. The predicted octanol–water partition coefficient (Wildman–Crippen LogP) is 3.84. The van der Waals surface area contributed by atoms with E-state index in [2.05, 4.69) is 6.07 Å². The van der Waals surface area contributed by atoms with E-state index in [0.29, 0.717) is 17.2 Å². The van der Waals surface area contributed by atoms with Crippen LogP contribution in [0.5, 0.6) is 0 Å². The molecular formula is C13H14ClNOS. The molecule has 4 heteroatoms. The van der Waals surface area contributed by atoms with E-state index in [1.54, 1.807) is 0 Å². The lowest BCUT2D eigenvalue weighted by Crippen LogP contribution is -2.32. The first-order valence-electron chi connectivity index (χ1n) is 5.60. The summed E-state index contributed by atoms with van der Waals surface area (Å²) in [5.74, 6) is 0.0806. The van der Waals surface area contributed by atoms with Crippen molar-refractivity contribution in [2.45, 2.75) is 33.1 Å². The van der Waals surface area contributed by atoms with Gasteiger partial charge in [0.05, 0.1) is 10.4 Å². The Hall–Kier alpha value is -0.850. The molecule has 0 radical (unpaired) electrons. The van der Waals surface area contributed by atoms with E-state index in [1.807, 2.05) is 26.0 Å². The number of carbonyl (C=O) groups is 1. The third-order valence-corrected chi connectivity index (χ3v) is 4.78. The van der Waals surface area contributed by atoms with Crippen molar-refractivity contribution in [3.8, 4) is 6.07 Å². The summed E-state index contributed by atoms with van der Waals surface area (Å²) in [6, 6.07) is 5.98. The van der Waals surface area contributed by atoms with Gasteiger partial charge in [0.15, 0.2) is 5.78 Å². The number of rotatable bonds is 2. The molecule has 1 fully saturated rings. The maximum Gasteiger partial charge on any atom is 0.159 e. The Morgan fingerprint density at radius 2 is 2.18 bits per heavy atom. The van der Waals surface area contributed by atoms with Crippen LogP contribution >= 0.6 is 22.9 Å². The SMILES string of the molecule is CC1(C)CCC(C#N)(Cc2ccc(Cl)s2)C1=O. The zero-order chi connectivity index (χ0) is 12.7. The van der Waals surface area contributed by atoms with Gasteiger partial charge < -0.3 is 0 Å². The van der Waals surface area contributed by atoms with Crippen molar-refractivity contribution < 1.29 is 4.79 Å². The van der Waals surface area contributed by atoms with Crippen LogP contribution in [-0.4, -0.2) is 5.78 Å². The van der Waals surface area contributed by atoms with Crippen molar-refractivity contribution in [3.63, 3.8) is 0 Å². The zero-order valence-corrected chi connectivity index (χ0v) is 11.5. The molecule has 0 saturated heterocycles. The van der Waals surface area contributed by atoms with Gasteiger partial charge in [0.2, 0.25) is 0 Å². The Balaban J connectivity index is 2.29. The number of nitriles is 1. The molecule has 1 unspecified atom stereocenters. The number of hydrogen-bond donors (Lipinski definition) is 0. The molecule has 17 heavy (non-hydrogen) atoms. The molecule has 0 spiro atoms. The molecule has 1 heterocycles. The number of Topliss-reactive ketones (excluding diaryl/α,β-unsaturated/α-hetero) is 1. The van der Waals surface area contributed by atoms with Gasteiger partial charge in [0.25, 0.3) is 0 Å². The number of halogens is 1. The summed E-state index contributed by atoms with van der Waals surface area (Å²) in [6.45, 7) is 3.85. The van der Waals surface area contributed by atoms with Gasteiger partial charge in [-0.1, -0.05) is 25.4 Å². The number of nitrogens with zero attached hydrogens (tertiary/aromatic N) is 1. The lowest BCUT2D eigenvalue weighted by Gasteiger charge is -2.21. The van der Waals surface area contributed by atoms with Crippen LogP contribution in [0.25, 0.3) is 0 Å². The van der Waals surface area contributed by atoms with Crippen LogP contribution < -0.4 is 0 Å². The molecule has 0 N–H and O–H groups in total. The van der Waals surface area contributed by atoms with Crippen molar-refractivity contribution >= 4 is 28.7 Å². The van der Waals surface area contributed by atoms with Crippen LogP contribution in [0.15, 0.2) is 12.1 Å². The second-order valence-corrected chi connectivity index (χ2v) is 7.09. The summed E-state index contributed by atoms with van der Waals surface area (Å²) in [5, 5.41) is 9.39. The summed E-state index contributed by atoms with van der Waals surface area (Å²) in [7, 11) is 0. The zero-order valence-electron chi connectivity index (χ0n) is 9.92. The summed E-state index contributed by atoms with van der Waals surface area (Å²) in [6.07, 6.45) is 1.95. The molecule has 0 amide bonds. The van der Waals surface area contributed by atoms with Crippen LogP contribution in [0.4, 0.5) is 0 Å². The normalized spacial score (nSPS) is 27.1. The third kappa shape index (κ3) is 2.12. The van der Waals surface area contributed by atoms with Crippen molar-refractivity contribution in [3.05, 3.63) is 21.3 Å². The summed E-state index contributed by atoms with van der Waals surface area (Å²) < 4.78 is 0.706. The molecule has 0 bridgehead atoms. The van der Waals surface area contributed by atoms with Gasteiger partial charge in [0.1, 0.15) is 5.41 Å². The topological polar surface area (TPSA) is 40.9 Å². The number of thiophene rings is 1. The second kappa shape index (κ2) is 4.12. The van der Waals surface area contributed by atoms with E-state index in [1.165, 1.54) is 11.3 Å². The van der Waals surface area contributed by atoms with Gasteiger partial charge in [0, 0.05) is 16.7 Å². The smallest absolute Gasteiger partial charge is 0.159 e. The molecule has 1 atom stereocenters. The molecule has 1 aliphatic rings. The van der Waals surface area contributed by atoms with Gasteiger partial charge in [-0.2, -0.15) is 5.26 Å². The monoisotopic (exact) mass is 267 g/mol. The second-order valence-electron chi connectivity index (χ2n) is 5.29. The quantitative estimate of drug-likeness (QED) is 0.817. The number of hydrogen-bond acceptors (Lipinski definition) is 3. The molecule has 2 rings (SSSR count). The first-order chi connectivity index (χ1) is 7.89. The molecule has 0 aromatic carbocycles. The van der Waals surface area contributed by atoms with Crippen LogP contribution in [0.2, 0.25) is 4.34 Å². The van der Waals surface area contributed by atoms with Crippen molar-refractivity contribution in [2.75, 3.05) is 0 Å². The lowest BCUT2D eigenvalue weighted by molar-refractivity contribution is -0.130. The summed E-state index contributed by atoms with van der Waals surface area (Å²) in [4.78, 5) is 13.4. The van der Waals surface area contributed by atoms with Crippen LogP contribution in [0.3, 0.4) is 0 Å². The number of ketones is 1. The first-order valence-corrected chi connectivity index (χ1v) is 6.79. The minimum Gasteiger partial charge on any atom is -0.297 e. The molecule has 90 valence electrons. The lowest BCUT2D eigenvalue weighted by atomic mass is 9.78. The predicted molar refractivity (Wildman–Crippen MR) is 69.1 cm³/mol. The number of carbonyl (C=O) groups excluding carboxylic acids is 1. The van der Waals surface area contributed by atoms with Crippen LogP contribution in [-0.2, 0) is 11.2 Å². The Morgan fingerprint density at radius 1 is 1.47 bits per heavy atom. The fourth-order valence-electron chi connectivity index (χ4n) is 2.46. The van der Waals surface area contributed by atoms with Gasteiger partial charge in [-0.25, -0.2) is 0 Å². The Labute approximate surface area is 110 Å². The largest absolute Gasteiger partial charge is 0.297 e. The molecule has 2 nitrogen and oxygen atoms in total. The van der Waals surface area contributed by atoms with E-state index < -0.39 is 5.41 Å². The van der Waals surface area contributed by atoms with E-state index >= 15 is 0 Å². The molecule has 0 aliphatic heterocycles. The van der Waals surface area contributed by atoms with Crippen LogP contribution in [0.1, 0.15) is 31.6 Å². The minimum atomic E-state index is -0.836. The Bertz CT molecular complexity index is 500. The van der Waals surface area contributed by atoms with Gasteiger partial charge >= 0.3 is 0 Å². The molecule has 1 aromatic heterocycles. The van der Waals surface area contributed by atoms with Crippen molar-refractivity contribution in [1.82, 2.24) is 0 Å². The van der Waals surface area contributed by atoms with E-state index in [-0.39, 0.29) is 11.2 Å².